The van der Waals surface area contributed by atoms with Gasteiger partial charge in [-0.15, -0.1) is 0 Å². The lowest BCUT2D eigenvalue weighted by Gasteiger charge is -2.06. The van der Waals surface area contributed by atoms with Crippen LogP contribution in [0.2, 0.25) is 0 Å². The molecule has 1 aromatic heterocycles. The van der Waals surface area contributed by atoms with Crippen LogP contribution in [0.3, 0.4) is 0 Å². The minimum atomic E-state index is -0.347. The van der Waals surface area contributed by atoms with Gasteiger partial charge in [0.2, 0.25) is 0 Å². The zero-order valence-corrected chi connectivity index (χ0v) is 12.2. The van der Waals surface area contributed by atoms with Crippen molar-refractivity contribution >= 4 is 32.9 Å². The van der Waals surface area contributed by atoms with Gasteiger partial charge in [-0.2, -0.15) is 0 Å². The van der Waals surface area contributed by atoms with E-state index in [2.05, 4.69) is 32.4 Å². The summed E-state index contributed by atoms with van der Waals surface area (Å²) in [7, 11) is 1.38. The van der Waals surface area contributed by atoms with Gasteiger partial charge in [-0.1, -0.05) is 6.92 Å². The molecule has 5 heteroatoms. The standard InChI is InChI=1S/C13H15BrN2O2/c1-4-5-16-8(2)15-11-7-9(13(17)18-3)6-10(14)12(11)16/h6-7H,4-5H2,1-3H3. The van der Waals surface area contributed by atoms with Gasteiger partial charge in [0, 0.05) is 11.0 Å². The van der Waals surface area contributed by atoms with Crippen LogP contribution in [0.25, 0.3) is 11.0 Å². The van der Waals surface area contributed by atoms with Crippen molar-refractivity contribution in [3.05, 3.63) is 28.0 Å². The second kappa shape index (κ2) is 5.10. The van der Waals surface area contributed by atoms with Crippen molar-refractivity contribution in [2.45, 2.75) is 26.8 Å². The van der Waals surface area contributed by atoms with E-state index >= 15 is 0 Å². The Morgan fingerprint density at radius 2 is 2.22 bits per heavy atom. The van der Waals surface area contributed by atoms with E-state index in [4.69, 9.17) is 4.74 Å². The van der Waals surface area contributed by atoms with Crippen LogP contribution >= 0.6 is 15.9 Å². The fraction of sp³-hybridized carbons (Fsp3) is 0.385. The lowest BCUT2D eigenvalue weighted by atomic mass is 10.2. The third kappa shape index (κ3) is 2.14. The number of hydrogen-bond donors (Lipinski definition) is 0. The zero-order valence-electron chi connectivity index (χ0n) is 10.7. The number of aryl methyl sites for hydroxylation is 2. The maximum absolute atomic E-state index is 11.5. The molecule has 0 spiro atoms. The number of carbonyl (C=O) groups is 1. The Hall–Kier alpha value is -1.36. The molecule has 2 rings (SSSR count). The van der Waals surface area contributed by atoms with E-state index in [1.165, 1.54) is 7.11 Å². The molecule has 2 aromatic rings. The molecule has 0 fully saturated rings. The normalized spacial score (nSPS) is 10.9. The van der Waals surface area contributed by atoms with Gasteiger partial charge in [-0.25, -0.2) is 9.78 Å². The van der Waals surface area contributed by atoms with Crippen LogP contribution in [0.1, 0.15) is 29.5 Å². The monoisotopic (exact) mass is 310 g/mol. The summed E-state index contributed by atoms with van der Waals surface area (Å²) in [6.45, 7) is 5.01. The van der Waals surface area contributed by atoms with E-state index in [0.29, 0.717) is 5.56 Å². The Bertz CT molecular complexity index is 605. The zero-order chi connectivity index (χ0) is 13.3. The molecular weight excluding hydrogens is 296 g/mol. The largest absolute Gasteiger partial charge is 0.465 e. The molecule has 0 aliphatic carbocycles. The van der Waals surface area contributed by atoms with Crippen molar-refractivity contribution in [1.82, 2.24) is 9.55 Å². The number of methoxy groups -OCH3 is 1. The van der Waals surface area contributed by atoms with Crippen molar-refractivity contribution < 1.29 is 9.53 Å². The number of halogens is 1. The van der Waals surface area contributed by atoms with Crippen LogP contribution in [-0.2, 0) is 11.3 Å². The van der Waals surface area contributed by atoms with Crippen molar-refractivity contribution in [3.63, 3.8) is 0 Å². The summed E-state index contributed by atoms with van der Waals surface area (Å²) in [5.41, 5.74) is 2.36. The first-order valence-electron chi connectivity index (χ1n) is 5.83. The van der Waals surface area contributed by atoms with Crippen molar-refractivity contribution in [3.8, 4) is 0 Å². The molecule has 0 aliphatic heterocycles. The molecule has 0 saturated carbocycles. The molecule has 4 nitrogen and oxygen atoms in total. The third-order valence-electron chi connectivity index (χ3n) is 2.85. The van der Waals surface area contributed by atoms with Gasteiger partial charge in [-0.3, -0.25) is 0 Å². The Morgan fingerprint density at radius 3 is 2.83 bits per heavy atom. The Balaban J connectivity index is 2.65. The lowest BCUT2D eigenvalue weighted by Crippen LogP contribution is -2.02. The summed E-state index contributed by atoms with van der Waals surface area (Å²) in [5.74, 6) is 0.606. The number of imidazole rings is 1. The minimum absolute atomic E-state index is 0.347. The van der Waals surface area contributed by atoms with Crippen LogP contribution in [0.5, 0.6) is 0 Å². The summed E-state index contributed by atoms with van der Waals surface area (Å²) in [6, 6.07) is 3.55. The van der Waals surface area contributed by atoms with E-state index in [0.717, 1.165) is 34.3 Å². The maximum Gasteiger partial charge on any atom is 0.337 e. The van der Waals surface area contributed by atoms with E-state index in [1.54, 1.807) is 12.1 Å². The number of aromatic nitrogens is 2. The smallest absolute Gasteiger partial charge is 0.337 e. The summed E-state index contributed by atoms with van der Waals surface area (Å²) in [6.07, 6.45) is 1.04. The van der Waals surface area contributed by atoms with Gasteiger partial charge in [0.1, 0.15) is 5.82 Å². The molecule has 18 heavy (non-hydrogen) atoms. The van der Waals surface area contributed by atoms with Crippen LogP contribution in [0, 0.1) is 6.92 Å². The van der Waals surface area contributed by atoms with E-state index < -0.39 is 0 Å². The summed E-state index contributed by atoms with van der Waals surface area (Å²) in [5, 5.41) is 0. The van der Waals surface area contributed by atoms with Gasteiger partial charge < -0.3 is 9.30 Å². The summed E-state index contributed by atoms with van der Waals surface area (Å²) >= 11 is 3.51. The topological polar surface area (TPSA) is 44.1 Å². The van der Waals surface area contributed by atoms with Gasteiger partial charge in [-0.05, 0) is 41.4 Å². The van der Waals surface area contributed by atoms with E-state index in [9.17, 15) is 4.79 Å². The molecule has 0 N–H and O–H groups in total. The molecule has 0 radical (unpaired) electrons. The molecule has 96 valence electrons. The van der Waals surface area contributed by atoms with Crippen molar-refractivity contribution in [2.24, 2.45) is 0 Å². The molecule has 0 atom stereocenters. The number of hydrogen-bond acceptors (Lipinski definition) is 3. The molecule has 1 aromatic carbocycles. The SMILES string of the molecule is CCCn1c(C)nc2cc(C(=O)OC)cc(Br)c21. The number of carbonyl (C=O) groups excluding carboxylic acids is 1. The predicted octanol–water partition coefficient (Wildman–Crippen LogP) is 3.30. The number of nitrogens with zero attached hydrogens (tertiary/aromatic N) is 2. The number of benzene rings is 1. The molecule has 0 unspecified atom stereocenters. The first-order valence-corrected chi connectivity index (χ1v) is 6.62. The lowest BCUT2D eigenvalue weighted by molar-refractivity contribution is 0.0601. The van der Waals surface area contributed by atoms with E-state index in [1.807, 2.05) is 6.92 Å². The molecular formula is C13H15BrN2O2. The van der Waals surface area contributed by atoms with Gasteiger partial charge in [0.05, 0.1) is 23.7 Å². The van der Waals surface area contributed by atoms with Crippen LogP contribution < -0.4 is 0 Å². The average Bonchev–Trinajstić information content (AvgIpc) is 2.66. The third-order valence-corrected chi connectivity index (χ3v) is 3.46. The predicted molar refractivity (Wildman–Crippen MR) is 73.8 cm³/mol. The molecule has 1 heterocycles. The average molecular weight is 311 g/mol. The quantitative estimate of drug-likeness (QED) is 0.817. The molecule has 0 bridgehead atoms. The fourth-order valence-corrected chi connectivity index (χ4v) is 2.73. The Morgan fingerprint density at radius 1 is 1.50 bits per heavy atom. The highest BCUT2D eigenvalue weighted by atomic mass is 79.9. The molecule has 0 aliphatic rings. The minimum Gasteiger partial charge on any atom is -0.465 e. The first kappa shape index (κ1) is 13.1. The van der Waals surface area contributed by atoms with Gasteiger partial charge in [0.15, 0.2) is 0 Å². The second-order valence-electron chi connectivity index (χ2n) is 4.13. The fourth-order valence-electron chi connectivity index (χ4n) is 2.07. The highest BCUT2D eigenvalue weighted by Gasteiger charge is 2.14. The highest BCUT2D eigenvalue weighted by Crippen LogP contribution is 2.27. The number of fused-ring (bicyclic) bond motifs is 1. The highest BCUT2D eigenvalue weighted by molar-refractivity contribution is 9.10. The van der Waals surface area contributed by atoms with Crippen LogP contribution in [-0.4, -0.2) is 22.6 Å². The summed E-state index contributed by atoms with van der Waals surface area (Å²) in [4.78, 5) is 16.0. The van der Waals surface area contributed by atoms with Crippen LogP contribution in [0.15, 0.2) is 16.6 Å². The number of esters is 1. The maximum atomic E-state index is 11.5. The van der Waals surface area contributed by atoms with Gasteiger partial charge >= 0.3 is 5.97 Å². The van der Waals surface area contributed by atoms with Gasteiger partial charge in [0.25, 0.3) is 0 Å². The summed E-state index contributed by atoms with van der Waals surface area (Å²) < 4.78 is 7.75. The first-order chi connectivity index (χ1) is 8.58. The van der Waals surface area contributed by atoms with Crippen molar-refractivity contribution in [2.75, 3.05) is 7.11 Å². The number of ether oxygens (including phenoxy) is 1. The van der Waals surface area contributed by atoms with Crippen molar-refractivity contribution in [1.29, 1.82) is 0 Å². The Labute approximate surface area is 114 Å². The molecule has 0 amide bonds. The Kier molecular flexibility index (Phi) is 3.71. The van der Waals surface area contributed by atoms with Crippen LogP contribution in [0.4, 0.5) is 0 Å². The second-order valence-corrected chi connectivity index (χ2v) is 4.98. The number of rotatable bonds is 3. The molecule has 0 saturated heterocycles. The van der Waals surface area contributed by atoms with E-state index in [-0.39, 0.29) is 5.97 Å².